The molecule has 10 heteroatoms. The van der Waals surface area contributed by atoms with Gasteiger partial charge in [0.25, 0.3) is 5.91 Å². The number of aryl methyl sites for hydroxylation is 1. The molecule has 0 spiro atoms. The van der Waals surface area contributed by atoms with Crippen LogP contribution < -0.4 is 10.6 Å². The first kappa shape index (κ1) is 19.2. The molecule has 1 amide bonds. The zero-order valence-electron chi connectivity index (χ0n) is 15.1. The Hall–Kier alpha value is -2.52. The van der Waals surface area contributed by atoms with Crippen LogP contribution in [0.5, 0.6) is 0 Å². The summed E-state index contributed by atoms with van der Waals surface area (Å²) in [6.07, 6.45) is 1.92. The van der Waals surface area contributed by atoms with Crippen molar-refractivity contribution in [3.05, 3.63) is 35.4 Å². The van der Waals surface area contributed by atoms with E-state index in [1.165, 1.54) is 12.1 Å². The maximum absolute atomic E-state index is 13.4. The minimum atomic E-state index is -0.374. The van der Waals surface area contributed by atoms with Gasteiger partial charge in [0.05, 0.1) is 22.8 Å². The van der Waals surface area contributed by atoms with Gasteiger partial charge in [0.2, 0.25) is 5.95 Å². The summed E-state index contributed by atoms with van der Waals surface area (Å²) in [5.74, 6) is -0.401. The number of hydrogen-bond donors (Lipinski definition) is 2. The van der Waals surface area contributed by atoms with E-state index in [1.54, 1.807) is 17.7 Å². The summed E-state index contributed by atoms with van der Waals surface area (Å²) in [6.45, 7) is 3.71. The maximum Gasteiger partial charge on any atom is 0.280 e. The second-order valence-corrected chi connectivity index (χ2v) is 6.53. The number of amides is 1. The van der Waals surface area contributed by atoms with Crippen LogP contribution in [-0.2, 0) is 7.05 Å². The van der Waals surface area contributed by atoms with E-state index in [1.807, 2.05) is 11.6 Å². The first-order chi connectivity index (χ1) is 12.5. The fourth-order valence-corrected chi connectivity index (χ4v) is 3.39. The van der Waals surface area contributed by atoms with Crippen LogP contribution in [0.25, 0.3) is 11.0 Å². The van der Waals surface area contributed by atoms with Crippen molar-refractivity contribution in [2.45, 2.75) is 25.8 Å². The molecule has 1 fully saturated rings. The molecule has 3 aromatic rings. The molecule has 144 valence electrons. The predicted octanol–water partition coefficient (Wildman–Crippen LogP) is 2.21. The van der Waals surface area contributed by atoms with Crippen LogP contribution in [0.3, 0.4) is 0 Å². The average Bonchev–Trinajstić information content (AvgIpc) is 3.16. The van der Waals surface area contributed by atoms with Crippen LogP contribution >= 0.6 is 12.4 Å². The number of rotatable bonds is 3. The van der Waals surface area contributed by atoms with Gasteiger partial charge in [0, 0.05) is 13.1 Å². The van der Waals surface area contributed by atoms with Gasteiger partial charge in [-0.2, -0.15) is 0 Å². The van der Waals surface area contributed by atoms with E-state index in [9.17, 15) is 9.18 Å². The Morgan fingerprint density at radius 3 is 2.81 bits per heavy atom. The van der Waals surface area contributed by atoms with Crippen LogP contribution in [0.1, 0.15) is 35.1 Å². The third-order valence-electron chi connectivity index (χ3n) is 4.87. The van der Waals surface area contributed by atoms with Gasteiger partial charge < -0.3 is 9.88 Å². The zero-order chi connectivity index (χ0) is 18.3. The summed E-state index contributed by atoms with van der Waals surface area (Å²) in [4.78, 5) is 17.0. The summed E-state index contributed by atoms with van der Waals surface area (Å²) < 4.78 is 16.9. The molecule has 0 atom stereocenters. The van der Waals surface area contributed by atoms with Crippen molar-refractivity contribution in [3.63, 3.8) is 0 Å². The summed E-state index contributed by atoms with van der Waals surface area (Å²) in [5.41, 5.74) is 2.23. The number of nitrogens with one attached hydrogen (secondary N) is 2. The van der Waals surface area contributed by atoms with E-state index in [0.717, 1.165) is 37.1 Å². The van der Waals surface area contributed by atoms with Gasteiger partial charge in [-0.25, -0.2) is 14.1 Å². The molecule has 0 aliphatic carbocycles. The fraction of sp³-hybridized carbons (Fsp3) is 0.412. The standard InChI is InChI=1S/C17H20FN7O.ClH/c1-10-15(22-23-25(10)12-5-7-19-8-6-12)16(26)21-17-20-13-9-11(18)3-4-14(13)24(17)2;/h3-4,9,12,19H,5-8H2,1-2H3,(H,20,21,26);1H. The Morgan fingerprint density at radius 1 is 1.33 bits per heavy atom. The third kappa shape index (κ3) is 3.52. The Bertz CT molecular complexity index is 977. The molecule has 1 aliphatic heterocycles. The Balaban J connectivity index is 0.00000210. The number of benzene rings is 1. The van der Waals surface area contributed by atoms with Crippen molar-refractivity contribution in [2.75, 3.05) is 18.4 Å². The van der Waals surface area contributed by atoms with Gasteiger partial charge in [-0.05, 0) is 45.0 Å². The number of carbonyl (C=O) groups excluding carboxylic acids is 1. The van der Waals surface area contributed by atoms with Crippen molar-refractivity contribution in [1.29, 1.82) is 0 Å². The maximum atomic E-state index is 13.4. The number of anilines is 1. The Morgan fingerprint density at radius 2 is 2.07 bits per heavy atom. The summed E-state index contributed by atoms with van der Waals surface area (Å²) >= 11 is 0. The van der Waals surface area contributed by atoms with E-state index in [-0.39, 0.29) is 35.9 Å². The highest BCUT2D eigenvalue weighted by atomic mass is 35.5. The van der Waals surface area contributed by atoms with Gasteiger partial charge >= 0.3 is 0 Å². The number of carbonyl (C=O) groups is 1. The highest BCUT2D eigenvalue weighted by molar-refractivity contribution is 6.03. The highest BCUT2D eigenvalue weighted by Gasteiger charge is 2.23. The summed E-state index contributed by atoms with van der Waals surface area (Å²) in [6, 6.07) is 4.59. The van der Waals surface area contributed by atoms with Gasteiger partial charge in [0.15, 0.2) is 5.69 Å². The quantitative estimate of drug-likeness (QED) is 0.712. The van der Waals surface area contributed by atoms with Gasteiger partial charge in [-0.15, -0.1) is 17.5 Å². The molecule has 0 saturated carbocycles. The van der Waals surface area contributed by atoms with E-state index in [2.05, 4.69) is 25.9 Å². The van der Waals surface area contributed by atoms with Crippen LogP contribution in [0.2, 0.25) is 0 Å². The number of aromatic nitrogens is 5. The fourth-order valence-electron chi connectivity index (χ4n) is 3.39. The SMILES string of the molecule is Cc1c(C(=O)Nc2nc3cc(F)ccc3n2C)nnn1C1CCNCC1.Cl. The van der Waals surface area contributed by atoms with Gasteiger partial charge in [-0.1, -0.05) is 5.21 Å². The molecule has 2 N–H and O–H groups in total. The van der Waals surface area contributed by atoms with E-state index in [0.29, 0.717) is 11.5 Å². The number of imidazole rings is 1. The van der Waals surface area contributed by atoms with E-state index >= 15 is 0 Å². The number of nitrogens with zero attached hydrogens (tertiary/aromatic N) is 5. The molecule has 1 aromatic carbocycles. The lowest BCUT2D eigenvalue weighted by molar-refractivity contribution is 0.102. The first-order valence-electron chi connectivity index (χ1n) is 8.60. The topological polar surface area (TPSA) is 89.7 Å². The largest absolute Gasteiger partial charge is 0.317 e. The smallest absolute Gasteiger partial charge is 0.280 e. The summed E-state index contributed by atoms with van der Waals surface area (Å²) in [7, 11) is 1.77. The summed E-state index contributed by atoms with van der Waals surface area (Å²) in [5, 5.41) is 14.3. The molecule has 1 aliphatic rings. The minimum absolute atomic E-state index is 0. The first-order valence-corrected chi connectivity index (χ1v) is 8.60. The molecule has 8 nitrogen and oxygen atoms in total. The van der Waals surface area contributed by atoms with Crippen molar-refractivity contribution < 1.29 is 9.18 Å². The average molecular weight is 394 g/mol. The van der Waals surface area contributed by atoms with Crippen molar-refractivity contribution in [1.82, 2.24) is 29.9 Å². The number of piperidine rings is 1. The number of fused-ring (bicyclic) bond motifs is 1. The number of halogens is 2. The molecule has 0 bridgehead atoms. The van der Waals surface area contributed by atoms with Crippen LogP contribution in [0.4, 0.5) is 10.3 Å². The second kappa shape index (κ2) is 7.61. The highest BCUT2D eigenvalue weighted by Crippen LogP contribution is 2.22. The van der Waals surface area contributed by atoms with Crippen molar-refractivity contribution in [3.8, 4) is 0 Å². The van der Waals surface area contributed by atoms with Crippen molar-refractivity contribution >= 4 is 35.3 Å². The van der Waals surface area contributed by atoms with Crippen LogP contribution in [0.15, 0.2) is 18.2 Å². The predicted molar refractivity (Wildman–Crippen MR) is 102 cm³/mol. The third-order valence-corrected chi connectivity index (χ3v) is 4.87. The van der Waals surface area contributed by atoms with Crippen LogP contribution in [-0.4, -0.2) is 43.5 Å². The normalized spacial score (nSPS) is 14.9. The van der Waals surface area contributed by atoms with Gasteiger partial charge in [0.1, 0.15) is 5.82 Å². The van der Waals surface area contributed by atoms with Crippen LogP contribution in [0, 0.1) is 12.7 Å². The lowest BCUT2D eigenvalue weighted by Crippen LogP contribution is -2.30. The molecule has 4 rings (SSSR count). The Kier molecular flexibility index (Phi) is 5.43. The minimum Gasteiger partial charge on any atom is -0.317 e. The molecule has 3 heterocycles. The molecule has 0 unspecified atom stereocenters. The lowest BCUT2D eigenvalue weighted by atomic mass is 10.1. The van der Waals surface area contributed by atoms with Gasteiger partial charge in [-0.3, -0.25) is 10.1 Å². The molecule has 0 radical (unpaired) electrons. The van der Waals surface area contributed by atoms with Crippen molar-refractivity contribution in [2.24, 2.45) is 7.05 Å². The zero-order valence-corrected chi connectivity index (χ0v) is 15.9. The molecule has 2 aromatic heterocycles. The van der Waals surface area contributed by atoms with E-state index in [4.69, 9.17) is 0 Å². The van der Waals surface area contributed by atoms with E-state index < -0.39 is 0 Å². The lowest BCUT2D eigenvalue weighted by Gasteiger charge is -2.23. The second-order valence-electron chi connectivity index (χ2n) is 6.53. The monoisotopic (exact) mass is 393 g/mol. The molecular weight excluding hydrogens is 373 g/mol. The Labute approximate surface area is 161 Å². The molecule has 1 saturated heterocycles. The molecule has 27 heavy (non-hydrogen) atoms. The molecular formula is C17H21ClFN7O. The number of hydrogen-bond acceptors (Lipinski definition) is 5.